The summed E-state index contributed by atoms with van der Waals surface area (Å²) >= 11 is 0. The molecule has 0 aromatic carbocycles. The Balaban J connectivity index is 0.000000385. The Kier molecular flexibility index (Phi) is 11.8. The molecule has 2 heterocycles. The molecule has 0 bridgehead atoms. The van der Waals surface area contributed by atoms with E-state index in [0.29, 0.717) is 18.9 Å². The quantitative estimate of drug-likeness (QED) is 0.758. The number of carbonyl (C=O) groups is 2. The van der Waals surface area contributed by atoms with Gasteiger partial charge < -0.3 is 19.3 Å². The maximum Gasteiger partial charge on any atom is 0.305 e. The lowest BCUT2D eigenvalue weighted by Gasteiger charge is -2.06. The number of esters is 1. The molecule has 0 aromatic heterocycles. The van der Waals surface area contributed by atoms with Crippen molar-refractivity contribution < 1.29 is 28.9 Å². The van der Waals surface area contributed by atoms with Crippen molar-refractivity contribution in [2.75, 3.05) is 20.3 Å². The van der Waals surface area contributed by atoms with Gasteiger partial charge in [-0.1, -0.05) is 7.43 Å². The van der Waals surface area contributed by atoms with Crippen LogP contribution in [0.4, 0.5) is 0 Å². The summed E-state index contributed by atoms with van der Waals surface area (Å²) < 4.78 is 15.1. The van der Waals surface area contributed by atoms with Gasteiger partial charge >= 0.3 is 11.9 Å². The molecule has 2 fully saturated rings. The number of carbonyl (C=O) groups excluding carboxylic acids is 1. The molecular formula is C16H30O6. The summed E-state index contributed by atoms with van der Waals surface area (Å²) in [5.41, 5.74) is 0. The van der Waals surface area contributed by atoms with E-state index in [1.807, 2.05) is 0 Å². The average molecular weight is 318 g/mol. The fourth-order valence-corrected chi connectivity index (χ4v) is 2.41. The number of rotatable bonds is 6. The number of hydrogen-bond acceptors (Lipinski definition) is 5. The van der Waals surface area contributed by atoms with Gasteiger partial charge in [-0.2, -0.15) is 0 Å². The molecule has 2 unspecified atom stereocenters. The molecule has 0 aromatic rings. The van der Waals surface area contributed by atoms with Crippen LogP contribution in [0.2, 0.25) is 0 Å². The van der Waals surface area contributed by atoms with E-state index >= 15 is 0 Å². The number of ether oxygens (including phenoxy) is 3. The smallest absolute Gasteiger partial charge is 0.305 e. The van der Waals surface area contributed by atoms with Crippen LogP contribution in [0.1, 0.15) is 58.8 Å². The molecule has 2 saturated heterocycles. The molecular weight excluding hydrogens is 288 g/mol. The van der Waals surface area contributed by atoms with Gasteiger partial charge in [-0.3, -0.25) is 9.59 Å². The molecule has 2 rings (SSSR count). The number of hydrogen-bond donors (Lipinski definition) is 1. The lowest BCUT2D eigenvalue weighted by molar-refractivity contribution is -0.141. The molecule has 1 N–H and O–H groups in total. The van der Waals surface area contributed by atoms with Crippen molar-refractivity contribution in [1.82, 2.24) is 0 Å². The normalized spacial score (nSPS) is 23.1. The molecule has 0 spiro atoms. The highest BCUT2D eigenvalue weighted by Crippen LogP contribution is 2.17. The SMILES string of the molecule is C.COC(=O)CCC1CCCO1.O=C(O)CCC1CCCO1. The van der Waals surface area contributed by atoms with E-state index in [2.05, 4.69) is 4.74 Å². The van der Waals surface area contributed by atoms with Gasteiger partial charge in [0.15, 0.2) is 0 Å². The molecule has 2 aliphatic rings. The minimum absolute atomic E-state index is 0. The standard InChI is InChI=1S/C8H14O3.C7H12O3.CH4/c1-10-8(9)5-4-7-3-2-6-11-7;8-7(9)4-3-6-2-1-5-10-6;/h7H,2-6H2,1H3;6H,1-5H2,(H,8,9);1H4. The van der Waals surface area contributed by atoms with E-state index in [-0.39, 0.29) is 25.9 Å². The van der Waals surface area contributed by atoms with Gasteiger partial charge in [-0.05, 0) is 38.5 Å². The predicted octanol–water partition coefficient (Wildman–Crippen LogP) is 2.78. The number of aliphatic carboxylic acids is 1. The van der Waals surface area contributed by atoms with E-state index in [9.17, 15) is 9.59 Å². The molecule has 0 amide bonds. The summed E-state index contributed by atoms with van der Waals surface area (Å²) in [6.45, 7) is 1.66. The van der Waals surface area contributed by atoms with Crippen LogP contribution in [0.5, 0.6) is 0 Å². The highest BCUT2D eigenvalue weighted by atomic mass is 16.5. The van der Waals surface area contributed by atoms with Crippen LogP contribution < -0.4 is 0 Å². The number of methoxy groups -OCH3 is 1. The van der Waals surface area contributed by atoms with Crippen molar-refractivity contribution in [2.45, 2.75) is 71.0 Å². The molecule has 2 aliphatic heterocycles. The zero-order chi connectivity index (χ0) is 15.5. The van der Waals surface area contributed by atoms with E-state index in [4.69, 9.17) is 14.6 Å². The van der Waals surface area contributed by atoms with Crippen molar-refractivity contribution in [3.8, 4) is 0 Å². The number of carboxylic acids is 1. The fraction of sp³-hybridized carbons (Fsp3) is 0.875. The van der Waals surface area contributed by atoms with E-state index in [1.54, 1.807) is 0 Å². The Labute approximate surface area is 133 Å². The lowest BCUT2D eigenvalue weighted by atomic mass is 10.1. The van der Waals surface area contributed by atoms with Crippen molar-refractivity contribution in [3.63, 3.8) is 0 Å². The zero-order valence-corrected chi connectivity index (χ0v) is 12.7. The first-order valence-electron chi connectivity index (χ1n) is 7.63. The monoisotopic (exact) mass is 318 g/mol. The van der Waals surface area contributed by atoms with Gasteiger partial charge in [0.2, 0.25) is 0 Å². The van der Waals surface area contributed by atoms with Crippen molar-refractivity contribution in [1.29, 1.82) is 0 Å². The maximum absolute atomic E-state index is 10.7. The minimum Gasteiger partial charge on any atom is -0.481 e. The van der Waals surface area contributed by atoms with Gasteiger partial charge in [-0.25, -0.2) is 0 Å². The molecule has 0 aliphatic carbocycles. The lowest BCUT2D eigenvalue weighted by Crippen LogP contribution is -2.09. The molecule has 2 atom stereocenters. The van der Waals surface area contributed by atoms with Crippen LogP contribution in [0.25, 0.3) is 0 Å². The predicted molar refractivity (Wildman–Crippen MR) is 82.8 cm³/mol. The van der Waals surface area contributed by atoms with Gasteiger partial charge in [0.25, 0.3) is 0 Å². The molecule has 22 heavy (non-hydrogen) atoms. The van der Waals surface area contributed by atoms with Gasteiger partial charge in [0.1, 0.15) is 0 Å². The molecule has 6 heteroatoms. The fourth-order valence-electron chi connectivity index (χ4n) is 2.41. The second-order valence-electron chi connectivity index (χ2n) is 5.32. The second kappa shape index (κ2) is 12.4. The zero-order valence-electron chi connectivity index (χ0n) is 12.7. The summed E-state index contributed by atoms with van der Waals surface area (Å²) in [5, 5.41) is 8.32. The summed E-state index contributed by atoms with van der Waals surface area (Å²) in [7, 11) is 1.41. The van der Waals surface area contributed by atoms with Crippen LogP contribution in [-0.4, -0.2) is 49.6 Å². The van der Waals surface area contributed by atoms with Gasteiger partial charge in [0, 0.05) is 26.1 Å². The summed E-state index contributed by atoms with van der Waals surface area (Å²) in [6.07, 6.45) is 7.08. The molecule has 6 nitrogen and oxygen atoms in total. The molecule has 0 radical (unpaired) electrons. The molecule has 0 saturated carbocycles. The second-order valence-corrected chi connectivity index (χ2v) is 5.32. The first-order valence-corrected chi connectivity index (χ1v) is 7.63. The van der Waals surface area contributed by atoms with Crippen molar-refractivity contribution >= 4 is 11.9 Å². The van der Waals surface area contributed by atoms with Crippen LogP contribution in [-0.2, 0) is 23.8 Å². The summed E-state index contributed by atoms with van der Waals surface area (Å²) in [6, 6.07) is 0. The Bertz CT molecular complexity index is 306. The van der Waals surface area contributed by atoms with Gasteiger partial charge in [0.05, 0.1) is 19.3 Å². The third-order valence-corrected chi connectivity index (χ3v) is 3.63. The molecule has 130 valence electrons. The highest BCUT2D eigenvalue weighted by molar-refractivity contribution is 5.69. The summed E-state index contributed by atoms with van der Waals surface area (Å²) in [4.78, 5) is 20.8. The maximum atomic E-state index is 10.7. The Hall–Kier alpha value is -1.14. The Morgan fingerprint density at radius 1 is 1.05 bits per heavy atom. The third kappa shape index (κ3) is 9.73. The Morgan fingerprint density at radius 3 is 1.91 bits per heavy atom. The first kappa shape index (κ1) is 20.9. The van der Waals surface area contributed by atoms with E-state index < -0.39 is 5.97 Å². The van der Waals surface area contributed by atoms with Crippen molar-refractivity contribution in [2.24, 2.45) is 0 Å². The first-order chi connectivity index (χ1) is 10.1. The summed E-state index contributed by atoms with van der Waals surface area (Å²) in [5.74, 6) is -0.865. The highest BCUT2D eigenvalue weighted by Gasteiger charge is 2.16. The van der Waals surface area contributed by atoms with Gasteiger partial charge in [-0.15, -0.1) is 0 Å². The van der Waals surface area contributed by atoms with E-state index in [1.165, 1.54) is 7.11 Å². The largest absolute Gasteiger partial charge is 0.481 e. The van der Waals surface area contributed by atoms with Crippen molar-refractivity contribution in [3.05, 3.63) is 0 Å². The van der Waals surface area contributed by atoms with E-state index in [0.717, 1.165) is 45.3 Å². The third-order valence-electron chi connectivity index (χ3n) is 3.63. The topological polar surface area (TPSA) is 82.1 Å². The average Bonchev–Trinajstić information content (AvgIpc) is 3.16. The number of carboxylic acid groups (broad SMARTS) is 1. The van der Waals surface area contributed by atoms with Crippen LogP contribution in [0.3, 0.4) is 0 Å². The van der Waals surface area contributed by atoms with Crippen LogP contribution in [0, 0.1) is 0 Å². The van der Waals surface area contributed by atoms with Crippen LogP contribution >= 0.6 is 0 Å². The minimum atomic E-state index is -0.726. The Morgan fingerprint density at radius 2 is 1.55 bits per heavy atom. The van der Waals surface area contributed by atoms with Crippen LogP contribution in [0.15, 0.2) is 0 Å².